The molecule has 17 heteroatoms. The minimum atomic E-state index is -1.58. The zero-order valence-electron chi connectivity index (χ0n) is 52.2. The molecule has 0 saturated heterocycles. The van der Waals surface area contributed by atoms with E-state index >= 15 is 0 Å². The van der Waals surface area contributed by atoms with Crippen LogP contribution < -0.4 is 20.4 Å². The Kier molecular flexibility index (Phi) is 27.0. The average Bonchev–Trinajstić information content (AvgIpc) is 3.26. The van der Waals surface area contributed by atoms with E-state index in [1.54, 1.807) is 0 Å². The summed E-state index contributed by atoms with van der Waals surface area (Å²) in [6.07, 6.45) is -2.96. The monoisotopic (exact) mass is 1230 g/mol. The zero-order chi connectivity index (χ0) is 63.8. The van der Waals surface area contributed by atoms with Gasteiger partial charge in [0.25, 0.3) is 0 Å². The predicted octanol–water partition coefficient (Wildman–Crippen LogP) is 9.94. The molecule has 0 amide bonds. The first-order chi connectivity index (χ1) is 35.5. The zero-order valence-corrected chi connectivity index (χ0v) is 55.0. The minimum absolute atomic E-state index is 0. The van der Waals surface area contributed by atoms with E-state index in [1.807, 2.05) is 166 Å². The van der Waals surface area contributed by atoms with E-state index in [0.29, 0.717) is 44.5 Å². The third-order valence-electron chi connectivity index (χ3n) is 12.4. The molecule has 6 N–H and O–H groups in total. The smallest absolute Gasteiger partial charge is 0.872 e. The Morgan fingerprint density at radius 2 is 0.407 bits per heavy atom. The van der Waals surface area contributed by atoms with E-state index in [4.69, 9.17) is 30.6 Å². The number of aliphatic hydroxyl groups excluding tert-OH is 2. The topological polar surface area (TPSA) is 316 Å². The molecule has 81 heavy (non-hydrogen) atoms. The minimum Gasteiger partial charge on any atom is -0.872 e. The summed E-state index contributed by atoms with van der Waals surface area (Å²) in [7, 11) is 0. The van der Waals surface area contributed by atoms with E-state index < -0.39 is 36.1 Å². The number of aromatic carboxylic acids is 4. The number of carboxylic acid groups (broad SMARTS) is 4. The van der Waals surface area contributed by atoms with Crippen molar-refractivity contribution in [3.8, 4) is 23.0 Å². The molecule has 446 valence electrons. The number of benzene rings is 4. The van der Waals surface area contributed by atoms with Gasteiger partial charge < -0.3 is 60.7 Å². The number of hydrogen-bond donors (Lipinski definition) is 6. The molecule has 0 radical (unpaired) electrons. The molecule has 2 unspecified atom stereocenters. The van der Waals surface area contributed by atoms with Crippen LogP contribution in [-0.4, -0.2) is 103 Å². The van der Waals surface area contributed by atoms with Crippen molar-refractivity contribution in [1.29, 1.82) is 0 Å². The maximum atomic E-state index is 12.4. The van der Waals surface area contributed by atoms with Crippen LogP contribution in [0.3, 0.4) is 0 Å². The summed E-state index contributed by atoms with van der Waals surface area (Å²) in [5.41, 5.74) is 2.37. The molecule has 0 spiro atoms. The molecule has 0 aliphatic carbocycles. The van der Waals surface area contributed by atoms with Gasteiger partial charge in [0.1, 0.15) is 12.2 Å². The van der Waals surface area contributed by atoms with Gasteiger partial charge in [0, 0.05) is 0 Å². The van der Waals surface area contributed by atoms with Gasteiger partial charge in [0.05, 0.1) is 22.3 Å². The van der Waals surface area contributed by atoms with Crippen LogP contribution in [0.5, 0.6) is 23.0 Å². The molecule has 0 aliphatic heterocycles. The van der Waals surface area contributed by atoms with Crippen molar-refractivity contribution in [1.82, 2.24) is 0 Å². The second-order valence-electron chi connectivity index (χ2n) is 28.1. The number of aldehydes is 2. The molecule has 0 aliphatic rings. The standard InChI is InChI=1S/4C15H22O3.C4H6O4.Sn/c4*1-14(2,3)10-7-9(13(17)18)8-11(12(10)16)15(4,5)6;5-1-3(7)4(8)2-6;/h4*7-8,16H,1-6H3,(H,17,18);1-4,7-8H;/q;;;;;+4/p-4. The first-order valence-corrected chi connectivity index (χ1v) is 26.1. The van der Waals surface area contributed by atoms with Gasteiger partial charge in [0.15, 0.2) is 12.6 Å². The van der Waals surface area contributed by atoms with Gasteiger partial charge in [-0.05, 0) is 136 Å². The third-order valence-corrected chi connectivity index (χ3v) is 12.4. The molecule has 2 atom stereocenters. The first kappa shape index (κ1) is 77.1. The van der Waals surface area contributed by atoms with Crippen LogP contribution in [0, 0.1) is 0 Å². The number of carbonyl (C=O) groups excluding carboxylic acids is 2. The van der Waals surface area contributed by atoms with Gasteiger partial charge in [-0.2, -0.15) is 0 Å². The fourth-order valence-electron chi connectivity index (χ4n) is 7.63. The van der Waals surface area contributed by atoms with Crippen molar-refractivity contribution >= 4 is 60.4 Å². The summed E-state index contributed by atoms with van der Waals surface area (Å²) in [5.74, 6) is -4.14. The number of aliphatic hydroxyl groups is 2. The van der Waals surface area contributed by atoms with Crippen molar-refractivity contribution < 1.29 is 79.8 Å². The molecule has 0 heterocycles. The van der Waals surface area contributed by atoms with Crippen LogP contribution in [0.1, 0.15) is 252 Å². The Hall–Kier alpha value is -5.98. The van der Waals surface area contributed by atoms with Crippen molar-refractivity contribution in [3.05, 3.63) is 115 Å². The molecular weight excluding hydrogens is 1140 g/mol. The van der Waals surface area contributed by atoms with E-state index in [9.17, 15) is 49.2 Å². The Morgan fingerprint density at radius 1 is 0.309 bits per heavy atom. The quantitative estimate of drug-likeness (QED) is 0.0740. The third kappa shape index (κ3) is 22.7. The molecule has 0 saturated carbocycles. The molecule has 16 nitrogen and oxygen atoms in total. The second-order valence-corrected chi connectivity index (χ2v) is 28.1. The molecule has 0 aromatic heterocycles. The van der Waals surface area contributed by atoms with E-state index in [-0.39, 0.29) is 125 Å². The second kappa shape index (κ2) is 28.3. The van der Waals surface area contributed by atoms with E-state index in [0.717, 1.165) is 0 Å². The van der Waals surface area contributed by atoms with Crippen LogP contribution in [-0.2, 0) is 52.9 Å². The van der Waals surface area contributed by atoms with Crippen LogP contribution >= 0.6 is 0 Å². The van der Waals surface area contributed by atoms with Crippen LogP contribution in [0.2, 0.25) is 0 Å². The summed E-state index contributed by atoms with van der Waals surface area (Å²) < 4.78 is 0. The number of hydrogen-bond acceptors (Lipinski definition) is 12. The molecule has 4 rings (SSSR count). The van der Waals surface area contributed by atoms with Crippen molar-refractivity contribution in [2.45, 2.75) is 222 Å². The Labute approximate surface area is 497 Å². The predicted molar refractivity (Wildman–Crippen MR) is 311 cm³/mol. The van der Waals surface area contributed by atoms with Crippen LogP contribution in [0.25, 0.3) is 0 Å². The normalized spacial score (nSPS) is 12.8. The summed E-state index contributed by atoms with van der Waals surface area (Å²) in [6.45, 7) is 46.0. The van der Waals surface area contributed by atoms with Gasteiger partial charge in [-0.1, -0.05) is 166 Å². The maximum absolute atomic E-state index is 12.4. The SMILES string of the molecule is CC(C)(C)c1cc(C(=O)O)cc(C(C)(C)C)c1[O-].CC(C)(C)c1cc(C(=O)O)cc(C(C)(C)C)c1[O-].CC(C)(C)c1cc(C(=O)O)cc(C(C)(C)C)c1[O-].CC(C)(C)c1cc(C(=O)O)cc(C(C)(C)C)c1[O-].O=CC(O)C(O)C=O.[Sn+4]. The van der Waals surface area contributed by atoms with Crippen molar-refractivity contribution in [3.63, 3.8) is 0 Å². The van der Waals surface area contributed by atoms with E-state index in [1.165, 1.54) is 48.5 Å². The van der Waals surface area contributed by atoms with Gasteiger partial charge in [-0.3, -0.25) is 0 Å². The van der Waals surface area contributed by atoms with Crippen molar-refractivity contribution in [2.75, 3.05) is 0 Å². The van der Waals surface area contributed by atoms with E-state index in [2.05, 4.69) is 0 Å². The molecule has 4 aromatic rings. The largest absolute Gasteiger partial charge is 4.00 e. The van der Waals surface area contributed by atoms with Gasteiger partial charge in [-0.25, -0.2) is 19.2 Å². The van der Waals surface area contributed by atoms with Crippen LogP contribution in [0.4, 0.5) is 0 Å². The van der Waals surface area contributed by atoms with Crippen molar-refractivity contribution in [2.24, 2.45) is 0 Å². The molecular formula is C64H90O16Sn. The molecule has 0 fully saturated rings. The molecule has 0 bridgehead atoms. The Morgan fingerprint density at radius 3 is 0.469 bits per heavy atom. The Balaban J connectivity index is 0. The number of carboxylic acids is 4. The summed E-state index contributed by atoms with van der Waals surface area (Å²) in [4.78, 5) is 63.7. The summed E-state index contributed by atoms with van der Waals surface area (Å²) in [5, 5.41) is 103. The fraction of sp³-hybridized carbons (Fsp3) is 0.531. The summed E-state index contributed by atoms with van der Waals surface area (Å²) >= 11 is 0. The number of carbonyl (C=O) groups is 6. The Bertz CT molecular complexity index is 2340. The van der Waals surface area contributed by atoms with Gasteiger partial charge in [-0.15, -0.1) is 23.0 Å². The maximum Gasteiger partial charge on any atom is 4.00 e. The molecule has 4 aromatic carbocycles. The number of rotatable bonds is 7. The van der Waals surface area contributed by atoms with Gasteiger partial charge in [0.2, 0.25) is 0 Å². The average molecular weight is 1230 g/mol. The fourth-order valence-corrected chi connectivity index (χ4v) is 7.63. The summed E-state index contributed by atoms with van der Waals surface area (Å²) in [6, 6.07) is 12.0. The van der Waals surface area contributed by atoms with Crippen LogP contribution in [0.15, 0.2) is 48.5 Å². The first-order valence-electron chi connectivity index (χ1n) is 26.1. The van der Waals surface area contributed by atoms with Gasteiger partial charge >= 0.3 is 47.8 Å².